The molecule has 3 heterocycles. The van der Waals surface area contributed by atoms with E-state index in [9.17, 15) is 4.39 Å². The van der Waals surface area contributed by atoms with E-state index in [1.54, 1.807) is 17.0 Å². The first-order valence-corrected chi connectivity index (χ1v) is 10.7. The van der Waals surface area contributed by atoms with E-state index in [4.69, 9.17) is 12.2 Å². The number of thiocarbonyl (C=S) groups is 1. The van der Waals surface area contributed by atoms with Crippen molar-refractivity contribution in [3.05, 3.63) is 52.5 Å². The minimum atomic E-state index is -0.233. The third-order valence-corrected chi connectivity index (χ3v) is 6.78. The van der Waals surface area contributed by atoms with Crippen LogP contribution in [0, 0.1) is 5.82 Å². The zero-order chi connectivity index (χ0) is 17.9. The number of halogens is 1. The van der Waals surface area contributed by atoms with Crippen molar-refractivity contribution in [1.82, 2.24) is 5.32 Å². The lowest BCUT2D eigenvalue weighted by Gasteiger charge is -2.46. The molecule has 2 aliphatic heterocycles. The number of hydrogen-bond donors (Lipinski definition) is 3. The summed E-state index contributed by atoms with van der Waals surface area (Å²) in [6, 6.07) is 12.6. The summed E-state index contributed by atoms with van der Waals surface area (Å²) in [4.78, 5) is 3.27. The van der Waals surface area contributed by atoms with Gasteiger partial charge >= 0.3 is 0 Å². The van der Waals surface area contributed by atoms with Gasteiger partial charge in [-0.3, -0.25) is 0 Å². The fourth-order valence-electron chi connectivity index (χ4n) is 4.54. The van der Waals surface area contributed by atoms with Crippen LogP contribution in [0.1, 0.15) is 37.0 Å². The van der Waals surface area contributed by atoms with Crippen LogP contribution in [0.3, 0.4) is 0 Å². The standard InChI is InChI=1S/C20H24FN3S2/c21-14-6-8-15(9-7-14)22-20(25)23-16-11-17-3-1-4-18(12-16)24(17)13-19-5-2-10-26-19/h2,5-10,16-18H,1,3-4,11-13H2,(H2,22,23,25)/p+1/t16?,17-,18+. The van der Waals surface area contributed by atoms with E-state index in [0.29, 0.717) is 11.2 Å². The van der Waals surface area contributed by atoms with Crippen LogP contribution in [0.5, 0.6) is 0 Å². The molecule has 1 aromatic heterocycles. The molecule has 2 aliphatic rings. The molecular formula is C20H25FN3S2+. The number of anilines is 1. The molecule has 138 valence electrons. The SMILES string of the molecule is Fc1ccc(NC(=S)NC2C[C@H]3CCC[C@@H](C2)[NH+]3Cc2cccs2)cc1. The number of hydrogen-bond acceptors (Lipinski definition) is 2. The molecule has 0 spiro atoms. The first-order valence-electron chi connectivity index (χ1n) is 9.38. The van der Waals surface area contributed by atoms with Crippen LogP contribution in [-0.4, -0.2) is 23.2 Å². The number of rotatable bonds is 4. The predicted octanol–water partition coefficient (Wildman–Crippen LogP) is 3.34. The summed E-state index contributed by atoms with van der Waals surface area (Å²) in [7, 11) is 0. The highest BCUT2D eigenvalue weighted by molar-refractivity contribution is 7.80. The second-order valence-corrected chi connectivity index (χ2v) is 8.87. The van der Waals surface area contributed by atoms with Crippen molar-refractivity contribution in [2.75, 3.05) is 5.32 Å². The van der Waals surface area contributed by atoms with Crippen molar-refractivity contribution in [2.24, 2.45) is 0 Å². The van der Waals surface area contributed by atoms with Gasteiger partial charge in [0, 0.05) is 24.6 Å². The van der Waals surface area contributed by atoms with Gasteiger partial charge in [0.25, 0.3) is 0 Å². The lowest BCUT2D eigenvalue weighted by atomic mass is 9.81. The monoisotopic (exact) mass is 390 g/mol. The quantitative estimate of drug-likeness (QED) is 0.700. The van der Waals surface area contributed by atoms with Gasteiger partial charge in [-0.05, 0) is 67.2 Å². The number of thiophene rings is 1. The third kappa shape index (κ3) is 4.24. The van der Waals surface area contributed by atoms with Crippen molar-refractivity contribution >= 4 is 34.4 Å². The molecule has 4 rings (SSSR count). The Bertz CT molecular complexity index is 718. The maximum atomic E-state index is 13.0. The normalized spacial score (nSPS) is 27.7. The van der Waals surface area contributed by atoms with Gasteiger partial charge in [-0.1, -0.05) is 6.07 Å². The van der Waals surface area contributed by atoms with Gasteiger partial charge in [0.1, 0.15) is 12.4 Å². The molecule has 26 heavy (non-hydrogen) atoms. The van der Waals surface area contributed by atoms with Crippen LogP contribution in [0.15, 0.2) is 41.8 Å². The Balaban J connectivity index is 1.34. The second-order valence-electron chi connectivity index (χ2n) is 7.43. The van der Waals surface area contributed by atoms with Crippen molar-refractivity contribution in [3.8, 4) is 0 Å². The Morgan fingerprint density at radius 3 is 2.54 bits per heavy atom. The van der Waals surface area contributed by atoms with Gasteiger partial charge in [-0.15, -0.1) is 11.3 Å². The molecule has 1 aromatic carbocycles. The lowest BCUT2D eigenvalue weighted by molar-refractivity contribution is -0.973. The summed E-state index contributed by atoms with van der Waals surface area (Å²) in [6.45, 7) is 1.16. The van der Waals surface area contributed by atoms with E-state index in [1.807, 2.05) is 11.3 Å². The highest BCUT2D eigenvalue weighted by Crippen LogP contribution is 2.23. The molecule has 3 N–H and O–H groups in total. The number of fused-ring (bicyclic) bond motifs is 2. The number of benzene rings is 1. The lowest BCUT2D eigenvalue weighted by Crippen LogP contribution is -3.20. The number of quaternary nitrogens is 1. The van der Waals surface area contributed by atoms with E-state index in [0.717, 1.165) is 24.3 Å². The Kier molecular flexibility index (Phi) is 5.52. The summed E-state index contributed by atoms with van der Waals surface area (Å²) >= 11 is 7.36. The minimum absolute atomic E-state index is 0.233. The largest absolute Gasteiger partial charge is 0.359 e. The molecule has 2 unspecified atom stereocenters. The van der Waals surface area contributed by atoms with Crippen molar-refractivity contribution in [2.45, 2.75) is 56.8 Å². The zero-order valence-electron chi connectivity index (χ0n) is 14.7. The predicted molar refractivity (Wildman–Crippen MR) is 109 cm³/mol. The summed E-state index contributed by atoms with van der Waals surface area (Å²) in [5.41, 5.74) is 0.824. The average Bonchev–Trinajstić information content (AvgIpc) is 3.11. The molecule has 0 amide bonds. The molecule has 2 bridgehead atoms. The van der Waals surface area contributed by atoms with E-state index < -0.39 is 0 Å². The average molecular weight is 391 g/mol. The fraction of sp³-hybridized carbons (Fsp3) is 0.450. The van der Waals surface area contributed by atoms with Gasteiger partial charge in [-0.25, -0.2) is 4.39 Å². The molecule has 3 nitrogen and oxygen atoms in total. The zero-order valence-corrected chi connectivity index (χ0v) is 16.3. The van der Waals surface area contributed by atoms with Gasteiger partial charge < -0.3 is 15.5 Å². The molecular weight excluding hydrogens is 365 g/mol. The summed E-state index contributed by atoms with van der Waals surface area (Å²) < 4.78 is 13.0. The molecule has 0 aliphatic carbocycles. The molecule has 2 aromatic rings. The Morgan fingerprint density at radius 1 is 1.15 bits per heavy atom. The van der Waals surface area contributed by atoms with E-state index in [-0.39, 0.29) is 5.82 Å². The molecule has 0 saturated carbocycles. The van der Waals surface area contributed by atoms with E-state index in [2.05, 4.69) is 28.1 Å². The first-order chi connectivity index (χ1) is 12.7. The number of piperidine rings is 2. The second kappa shape index (κ2) is 8.03. The first kappa shape index (κ1) is 17.9. The topological polar surface area (TPSA) is 28.5 Å². The van der Waals surface area contributed by atoms with Crippen LogP contribution in [-0.2, 0) is 6.54 Å². The maximum Gasteiger partial charge on any atom is 0.171 e. The summed E-state index contributed by atoms with van der Waals surface area (Å²) in [5, 5.41) is 9.50. The van der Waals surface area contributed by atoms with Crippen LogP contribution in [0.25, 0.3) is 0 Å². The smallest absolute Gasteiger partial charge is 0.171 e. The third-order valence-electron chi connectivity index (χ3n) is 5.69. The fourth-order valence-corrected chi connectivity index (χ4v) is 5.57. The van der Waals surface area contributed by atoms with Crippen molar-refractivity contribution < 1.29 is 9.29 Å². The molecule has 4 atom stereocenters. The van der Waals surface area contributed by atoms with Gasteiger partial charge in [-0.2, -0.15) is 0 Å². The Morgan fingerprint density at radius 2 is 1.88 bits per heavy atom. The van der Waals surface area contributed by atoms with Crippen LogP contribution < -0.4 is 15.5 Å². The van der Waals surface area contributed by atoms with Gasteiger partial charge in [0.2, 0.25) is 0 Å². The van der Waals surface area contributed by atoms with Gasteiger partial charge in [0.05, 0.1) is 17.0 Å². The van der Waals surface area contributed by atoms with E-state index in [1.165, 1.54) is 49.1 Å². The highest BCUT2D eigenvalue weighted by Gasteiger charge is 2.41. The highest BCUT2D eigenvalue weighted by atomic mass is 32.1. The molecule has 2 fully saturated rings. The molecule has 2 saturated heterocycles. The Labute approximate surface area is 163 Å². The van der Waals surface area contributed by atoms with Gasteiger partial charge in [0.15, 0.2) is 5.11 Å². The summed E-state index contributed by atoms with van der Waals surface area (Å²) in [6.07, 6.45) is 6.32. The molecule has 6 heteroatoms. The maximum absolute atomic E-state index is 13.0. The van der Waals surface area contributed by atoms with Crippen molar-refractivity contribution in [1.29, 1.82) is 0 Å². The van der Waals surface area contributed by atoms with E-state index >= 15 is 0 Å². The van der Waals surface area contributed by atoms with Crippen LogP contribution >= 0.6 is 23.6 Å². The number of nitrogens with one attached hydrogen (secondary N) is 3. The minimum Gasteiger partial charge on any atom is -0.359 e. The summed E-state index contributed by atoms with van der Waals surface area (Å²) in [5.74, 6) is -0.233. The van der Waals surface area contributed by atoms with Crippen LogP contribution in [0.2, 0.25) is 0 Å². The van der Waals surface area contributed by atoms with Crippen LogP contribution in [0.4, 0.5) is 10.1 Å². The molecule has 0 radical (unpaired) electrons. The Hall–Kier alpha value is -1.50. The van der Waals surface area contributed by atoms with Crippen molar-refractivity contribution in [3.63, 3.8) is 0 Å².